The second-order valence-electron chi connectivity index (χ2n) is 6.74. The molecule has 0 N–H and O–H groups in total. The quantitative estimate of drug-likeness (QED) is 0.309. The molecule has 2 aromatic carbocycles. The van der Waals surface area contributed by atoms with Gasteiger partial charge in [-0.25, -0.2) is 0 Å². The van der Waals surface area contributed by atoms with Crippen LogP contribution in [0.15, 0.2) is 40.9 Å². The average Bonchev–Trinajstić information content (AvgIpc) is 3.12. The number of carbonyl (C=O) groups is 1. The van der Waals surface area contributed by atoms with Crippen molar-refractivity contribution >= 4 is 45.1 Å². The van der Waals surface area contributed by atoms with E-state index in [9.17, 15) is 13.6 Å². The SMILES string of the molecule is COc1cccc([C@H]2O[C@H](OC(C)=O)c3nnc(C(F)(F)Cl)n3-c3ccc(Br)cc32)c1Cl. The van der Waals surface area contributed by atoms with E-state index in [0.717, 1.165) is 11.5 Å². The normalized spacial score (nSPS) is 17.8. The first kappa shape index (κ1) is 22.9. The Morgan fingerprint density at radius 2 is 2.00 bits per heavy atom. The molecule has 168 valence electrons. The van der Waals surface area contributed by atoms with Gasteiger partial charge in [0.2, 0.25) is 11.6 Å². The van der Waals surface area contributed by atoms with Gasteiger partial charge < -0.3 is 14.2 Å². The lowest BCUT2D eigenvalue weighted by Crippen LogP contribution is -2.18. The first-order valence-corrected chi connectivity index (χ1v) is 10.6. The number of halogens is 5. The first-order chi connectivity index (χ1) is 15.1. The van der Waals surface area contributed by atoms with Crippen molar-refractivity contribution in [1.29, 1.82) is 0 Å². The van der Waals surface area contributed by atoms with E-state index in [1.165, 1.54) is 7.11 Å². The van der Waals surface area contributed by atoms with E-state index in [0.29, 0.717) is 21.3 Å². The Morgan fingerprint density at radius 3 is 2.66 bits per heavy atom. The highest BCUT2D eigenvalue weighted by atomic mass is 79.9. The standard InChI is InChI=1S/C20H14BrCl2F2N3O4/c1-9(29)31-18-17-26-27-19(20(23,24)25)28(17)13-7-6-10(21)8-12(13)16(32-18)11-4-3-5-14(30-2)15(11)22/h3-8,16,18H,1-2H3/t16-,18+/m1/s1. The van der Waals surface area contributed by atoms with Crippen LogP contribution in [-0.2, 0) is 19.6 Å². The zero-order valence-corrected chi connectivity index (χ0v) is 19.6. The molecule has 0 spiro atoms. The smallest absolute Gasteiger partial charge is 0.382 e. The van der Waals surface area contributed by atoms with E-state index < -0.39 is 29.6 Å². The monoisotopic (exact) mass is 547 g/mol. The molecule has 4 rings (SSSR count). The number of hydrogen-bond acceptors (Lipinski definition) is 6. The van der Waals surface area contributed by atoms with Gasteiger partial charge in [0.15, 0.2) is 0 Å². The van der Waals surface area contributed by atoms with Crippen LogP contribution < -0.4 is 4.74 Å². The minimum atomic E-state index is -3.86. The van der Waals surface area contributed by atoms with Gasteiger partial charge in [-0.2, -0.15) is 8.78 Å². The van der Waals surface area contributed by atoms with Crippen molar-refractivity contribution in [2.24, 2.45) is 0 Å². The molecule has 12 heteroatoms. The van der Waals surface area contributed by atoms with Crippen LogP contribution in [0.3, 0.4) is 0 Å². The van der Waals surface area contributed by atoms with Crippen LogP contribution in [0.25, 0.3) is 5.69 Å². The van der Waals surface area contributed by atoms with Gasteiger partial charge in [0.05, 0.1) is 17.8 Å². The zero-order valence-electron chi connectivity index (χ0n) is 16.5. The molecule has 0 bridgehead atoms. The summed E-state index contributed by atoms with van der Waals surface area (Å²) in [4.78, 5) is 11.8. The molecule has 3 aromatic rings. The van der Waals surface area contributed by atoms with E-state index in [2.05, 4.69) is 26.1 Å². The molecule has 0 aliphatic carbocycles. The molecule has 0 saturated heterocycles. The van der Waals surface area contributed by atoms with Gasteiger partial charge in [0.1, 0.15) is 11.9 Å². The van der Waals surface area contributed by atoms with Crippen LogP contribution in [0, 0.1) is 0 Å². The molecule has 0 amide bonds. The number of aromatic nitrogens is 3. The van der Waals surface area contributed by atoms with Crippen molar-refractivity contribution < 1.29 is 27.8 Å². The third-order valence-corrected chi connectivity index (χ3v) is 5.76. The summed E-state index contributed by atoms with van der Waals surface area (Å²) >= 11 is 15.2. The molecule has 0 saturated carbocycles. The molecular weight excluding hydrogens is 535 g/mol. The van der Waals surface area contributed by atoms with Crippen LogP contribution in [0.2, 0.25) is 5.02 Å². The largest absolute Gasteiger partial charge is 0.495 e. The summed E-state index contributed by atoms with van der Waals surface area (Å²) in [6.07, 6.45) is -2.43. The Labute approximate surface area is 199 Å². The van der Waals surface area contributed by atoms with E-state index in [4.69, 9.17) is 37.4 Å². The molecule has 0 fully saturated rings. The number of rotatable bonds is 4. The maximum Gasteiger partial charge on any atom is 0.382 e. The molecule has 0 unspecified atom stereocenters. The summed E-state index contributed by atoms with van der Waals surface area (Å²) in [5, 5.41) is 3.72. The number of ether oxygens (including phenoxy) is 3. The van der Waals surface area contributed by atoms with E-state index in [1.54, 1.807) is 36.4 Å². The molecule has 7 nitrogen and oxygen atoms in total. The Balaban J connectivity index is 2.03. The number of fused-ring (bicyclic) bond motifs is 3. The predicted molar refractivity (Wildman–Crippen MR) is 114 cm³/mol. The van der Waals surface area contributed by atoms with Crippen LogP contribution in [0.1, 0.15) is 42.1 Å². The Kier molecular flexibility index (Phi) is 6.15. The lowest BCUT2D eigenvalue weighted by atomic mass is 9.99. The molecule has 1 aliphatic heterocycles. The van der Waals surface area contributed by atoms with Gasteiger partial charge in [0, 0.05) is 22.5 Å². The second-order valence-corrected chi connectivity index (χ2v) is 8.51. The Bertz CT molecular complexity index is 1200. The van der Waals surface area contributed by atoms with Gasteiger partial charge in [-0.3, -0.25) is 9.36 Å². The summed E-state index contributed by atoms with van der Waals surface area (Å²) in [5.41, 5.74) is 1.13. The molecule has 1 aromatic heterocycles. The zero-order chi connectivity index (χ0) is 23.2. The first-order valence-electron chi connectivity index (χ1n) is 9.09. The fourth-order valence-electron chi connectivity index (χ4n) is 3.43. The van der Waals surface area contributed by atoms with Crippen LogP contribution in [0.4, 0.5) is 8.78 Å². The minimum absolute atomic E-state index is 0.180. The van der Waals surface area contributed by atoms with Crippen molar-refractivity contribution in [1.82, 2.24) is 14.8 Å². The van der Waals surface area contributed by atoms with Crippen molar-refractivity contribution in [2.45, 2.75) is 24.7 Å². The molecule has 32 heavy (non-hydrogen) atoms. The van der Waals surface area contributed by atoms with E-state index in [-0.39, 0.29) is 16.5 Å². The summed E-state index contributed by atoms with van der Waals surface area (Å²) in [6, 6.07) is 9.94. The fourth-order valence-corrected chi connectivity index (χ4v) is 4.23. The highest BCUT2D eigenvalue weighted by Crippen LogP contribution is 2.46. The Morgan fingerprint density at radius 1 is 1.25 bits per heavy atom. The average molecular weight is 549 g/mol. The van der Waals surface area contributed by atoms with Crippen molar-refractivity contribution in [3.05, 3.63) is 68.7 Å². The van der Waals surface area contributed by atoms with Crippen molar-refractivity contribution in [3.63, 3.8) is 0 Å². The molecule has 2 heterocycles. The second kappa shape index (κ2) is 8.58. The number of carbonyl (C=O) groups excluding carboxylic acids is 1. The van der Waals surface area contributed by atoms with Crippen LogP contribution in [-0.4, -0.2) is 27.8 Å². The van der Waals surface area contributed by atoms with E-state index >= 15 is 0 Å². The van der Waals surface area contributed by atoms with Crippen LogP contribution >= 0.6 is 39.1 Å². The summed E-state index contributed by atoms with van der Waals surface area (Å²) in [5.74, 6) is -1.37. The lowest BCUT2D eigenvalue weighted by Gasteiger charge is -2.23. The molecular formula is C20H14BrCl2F2N3O4. The number of hydrogen-bond donors (Lipinski definition) is 0. The third-order valence-electron chi connectivity index (χ3n) is 4.69. The third kappa shape index (κ3) is 4.07. The number of alkyl halides is 3. The molecule has 0 radical (unpaired) electrons. The van der Waals surface area contributed by atoms with Crippen molar-refractivity contribution in [2.75, 3.05) is 7.11 Å². The highest BCUT2D eigenvalue weighted by molar-refractivity contribution is 9.10. The van der Waals surface area contributed by atoms with Crippen molar-refractivity contribution in [3.8, 4) is 11.4 Å². The van der Waals surface area contributed by atoms with E-state index in [1.807, 2.05) is 0 Å². The maximum absolute atomic E-state index is 14.2. The summed E-state index contributed by atoms with van der Waals surface area (Å²) in [6.45, 7) is 1.16. The van der Waals surface area contributed by atoms with Crippen LogP contribution in [0.5, 0.6) is 5.75 Å². The predicted octanol–water partition coefficient (Wildman–Crippen LogP) is 5.66. The van der Waals surface area contributed by atoms with Gasteiger partial charge in [-0.1, -0.05) is 39.7 Å². The lowest BCUT2D eigenvalue weighted by molar-refractivity contribution is -0.188. The maximum atomic E-state index is 14.2. The number of nitrogens with zero attached hydrogens (tertiary/aromatic N) is 3. The molecule has 2 atom stereocenters. The topological polar surface area (TPSA) is 75.5 Å². The van der Waals surface area contributed by atoms with Gasteiger partial charge in [-0.15, -0.1) is 10.2 Å². The highest BCUT2D eigenvalue weighted by Gasteiger charge is 2.42. The Hall–Kier alpha value is -2.27. The van der Waals surface area contributed by atoms with Gasteiger partial charge in [0.25, 0.3) is 6.29 Å². The molecule has 1 aliphatic rings. The fraction of sp³-hybridized carbons (Fsp3) is 0.250. The summed E-state index contributed by atoms with van der Waals surface area (Å²) in [7, 11) is 1.46. The van der Waals surface area contributed by atoms with Gasteiger partial charge >= 0.3 is 11.4 Å². The minimum Gasteiger partial charge on any atom is -0.495 e. The van der Waals surface area contributed by atoms with Gasteiger partial charge in [-0.05, 0) is 35.9 Å². The number of methoxy groups -OCH3 is 1. The summed E-state index contributed by atoms with van der Waals surface area (Å²) < 4.78 is 46.7. The number of benzene rings is 2. The number of esters is 1.